The SMILES string of the molecule is O=C(F)C12C(F)(F)C3(F)C(F)(F)C(F)(C(F)(F)C(F)(C3(F)F)C1(F)F)C2(F)F. The van der Waals surface area contributed by atoms with Crippen LogP contribution in [0.1, 0.15) is 0 Å². The molecule has 4 saturated carbocycles. The van der Waals surface area contributed by atoms with Crippen molar-refractivity contribution in [2.45, 2.75) is 52.5 Å². The Labute approximate surface area is 140 Å². The van der Waals surface area contributed by atoms with Gasteiger partial charge in [0.15, 0.2) is 0 Å². The molecule has 0 N–H and O–H groups in total. The summed E-state index contributed by atoms with van der Waals surface area (Å²) in [5.41, 5.74) is -31.4. The molecule has 0 aliphatic heterocycles. The summed E-state index contributed by atoms with van der Waals surface area (Å²) in [7, 11) is 0. The van der Waals surface area contributed by atoms with E-state index in [1.807, 2.05) is 0 Å². The Morgan fingerprint density at radius 1 is 0.393 bits per heavy atom. The highest BCUT2D eigenvalue weighted by Crippen LogP contribution is 2.90. The molecule has 0 aromatic carbocycles. The first kappa shape index (κ1) is 21.3. The van der Waals surface area contributed by atoms with Gasteiger partial charge in [-0.15, -0.1) is 0 Å². The van der Waals surface area contributed by atoms with Crippen molar-refractivity contribution in [3.8, 4) is 0 Å². The minimum absolute atomic E-state index is 5.07. The van der Waals surface area contributed by atoms with Gasteiger partial charge >= 0.3 is 58.6 Å². The van der Waals surface area contributed by atoms with E-state index in [1.165, 1.54) is 0 Å². The molecule has 0 aromatic heterocycles. The van der Waals surface area contributed by atoms with Crippen molar-refractivity contribution in [1.29, 1.82) is 0 Å². The molecule has 4 aliphatic rings. The molecule has 0 saturated heterocycles. The minimum Gasteiger partial charge on any atom is -0.260 e. The third-order valence-corrected chi connectivity index (χ3v) is 5.60. The van der Waals surface area contributed by atoms with Gasteiger partial charge in [-0.2, -0.15) is 30.7 Å². The Morgan fingerprint density at radius 3 is 0.714 bits per heavy atom. The molecule has 17 heteroatoms. The summed E-state index contributed by atoms with van der Waals surface area (Å²) in [6.07, 6.45) is 0. The zero-order chi connectivity index (χ0) is 22.6. The van der Waals surface area contributed by atoms with E-state index in [9.17, 15) is 75.0 Å². The van der Waals surface area contributed by atoms with Gasteiger partial charge in [-0.05, 0) is 0 Å². The topological polar surface area (TPSA) is 17.1 Å². The Hall–Kier alpha value is -1.45. The van der Waals surface area contributed by atoms with Crippen molar-refractivity contribution in [3.05, 3.63) is 0 Å². The highest BCUT2D eigenvalue weighted by molar-refractivity contribution is 5.84. The minimum atomic E-state index is -8.01. The van der Waals surface area contributed by atoms with Crippen LogP contribution in [0.3, 0.4) is 0 Å². The van der Waals surface area contributed by atoms with Gasteiger partial charge in [-0.1, -0.05) is 0 Å². The maximum absolute atomic E-state index is 14.3. The zero-order valence-electron chi connectivity index (χ0n) is 12.0. The van der Waals surface area contributed by atoms with Gasteiger partial charge in [-0.3, -0.25) is 4.79 Å². The normalized spacial score (nSPS) is 50.4. The van der Waals surface area contributed by atoms with Crippen molar-refractivity contribution in [2.24, 2.45) is 5.41 Å². The second-order valence-electron chi connectivity index (χ2n) is 6.45. The molecule has 0 atom stereocenters. The number of carbonyl (C=O) groups excluding carboxylic acids is 1. The second-order valence-corrected chi connectivity index (χ2v) is 6.45. The summed E-state index contributed by atoms with van der Waals surface area (Å²) < 4.78 is 223. The summed E-state index contributed by atoms with van der Waals surface area (Å²) in [6.45, 7) is 0. The molecule has 4 fully saturated rings. The predicted octanol–water partition coefficient (Wildman–Crippen LogP) is 4.45. The molecule has 0 heterocycles. The van der Waals surface area contributed by atoms with Gasteiger partial charge in [0.2, 0.25) is 0 Å². The summed E-state index contributed by atoms with van der Waals surface area (Å²) in [5, 5.41) is 0. The molecule has 4 rings (SSSR count). The molecule has 28 heavy (non-hydrogen) atoms. The first-order valence-electron chi connectivity index (χ1n) is 6.48. The van der Waals surface area contributed by atoms with Gasteiger partial charge < -0.3 is 0 Å². The average Bonchev–Trinajstić information content (AvgIpc) is 2.46. The lowest BCUT2D eigenvalue weighted by Crippen LogP contribution is -3.08. The van der Waals surface area contributed by atoms with Crippen molar-refractivity contribution in [3.63, 3.8) is 0 Å². The molecular weight excluding hydrogens is 452 g/mol. The Bertz CT molecular complexity index is 683. The largest absolute Gasteiger partial charge is 0.339 e. The summed E-state index contributed by atoms with van der Waals surface area (Å²) in [5.74, 6) is -48.0. The van der Waals surface area contributed by atoms with Gasteiger partial charge in [-0.25, -0.2) is 39.5 Å². The summed E-state index contributed by atoms with van der Waals surface area (Å²) >= 11 is 0. The standard InChI is InChI=1S/C11F16O/c12-1(28)2-6(16,17)3(13)9(22,23)4(14,7(2,18)19)11(26,27)5(15,8(2,20)21)10(3,24)25. The van der Waals surface area contributed by atoms with E-state index in [2.05, 4.69) is 0 Å². The molecule has 0 spiro atoms. The van der Waals surface area contributed by atoms with Crippen LogP contribution < -0.4 is 0 Å². The maximum atomic E-state index is 14.3. The van der Waals surface area contributed by atoms with Crippen LogP contribution in [-0.4, -0.2) is 58.6 Å². The van der Waals surface area contributed by atoms with Crippen molar-refractivity contribution < 1.29 is 75.0 Å². The summed E-state index contributed by atoms with van der Waals surface area (Å²) in [6, 6.07) is -5.07. The molecule has 1 nitrogen and oxygen atoms in total. The van der Waals surface area contributed by atoms with E-state index >= 15 is 0 Å². The molecule has 0 aromatic rings. The number of halogens is 16. The fraction of sp³-hybridized carbons (Fsp3) is 0.909. The summed E-state index contributed by atoms with van der Waals surface area (Å²) in [4.78, 5) is 10.7. The maximum Gasteiger partial charge on any atom is 0.339 e. The Morgan fingerprint density at radius 2 is 0.571 bits per heavy atom. The fourth-order valence-corrected chi connectivity index (χ4v) is 4.22. The molecule has 0 radical (unpaired) electrons. The fourth-order valence-electron chi connectivity index (χ4n) is 4.22. The molecule has 162 valence electrons. The van der Waals surface area contributed by atoms with Crippen molar-refractivity contribution in [2.75, 3.05) is 0 Å². The van der Waals surface area contributed by atoms with Crippen LogP contribution in [0.4, 0.5) is 70.2 Å². The van der Waals surface area contributed by atoms with Crippen LogP contribution in [0.25, 0.3) is 0 Å². The zero-order valence-corrected chi connectivity index (χ0v) is 12.0. The Balaban J connectivity index is 2.78. The number of carbonyl (C=O) groups is 1. The second kappa shape index (κ2) is 4.06. The monoisotopic (exact) mass is 452 g/mol. The van der Waals surface area contributed by atoms with Crippen LogP contribution in [0.15, 0.2) is 0 Å². The number of rotatable bonds is 1. The molecule has 0 amide bonds. The number of hydrogen-bond donors (Lipinski definition) is 0. The van der Waals surface area contributed by atoms with E-state index in [1.54, 1.807) is 0 Å². The number of alkyl halides is 15. The third kappa shape index (κ3) is 1.07. The van der Waals surface area contributed by atoms with Crippen LogP contribution >= 0.6 is 0 Å². The lowest BCUT2D eigenvalue weighted by Gasteiger charge is -2.74. The van der Waals surface area contributed by atoms with Crippen molar-refractivity contribution >= 4 is 6.04 Å². The lowest BCUT2D eigenvalue weighted by atomic mass is 9.36. The van der Waals surface area contributed by atoms with Gasteiger partial charge in [0.05, 0.1) is 0 Å². The first-order chi connectivity index (χ1) is 11.9. The van der Waals surface area contributed by atoms with E-state index in [0.717, 1.165) is 0 Å². The van der Waals surface area contributed by atoms with Crippen LogP contribution in [-0.2, 0) is 4.79 Å². The van der Waals surface area contributed by atoms with E-state index in [-0.39, 0.29) is 0 Å². The third-order valence-electron chi connectivity index (χ3n) is 5.60. The highest BCUT2D eigenvalue weighted by Gasteiger charge is 3.23. The molecular formula is C11F16O. The van der Waals surface area contributed by atoms with Crippen LogP contribution in [0.5, 0.6) is 0 Å². The number of hydrogen-bond acceptors (Lipinski definition) is 1. The molecule has 4 aliphatic carbocycles. The quantitative estimate of drug-likeness (QED) is 0.425. The smallest absolute Gasteiger partial charge is 0.260 e. The van der Waals surface area contributed by atoms with Crippen molar-refractivity contribution in [1.82, 2.24) is 0 Å². The molecule has 0 unspecified atom stereocenters. The van der Waals surface area contributed by atoms with E-state index in [4.69, 9.17) is 0 Å². The molecule has 4 bridgehead atoms. The van der Waals surface area contributed by atoms with Gasteiger partial charge in [0.1, 0.15) is 0 Å². The first-order valence-corrected chi connectivity index (χ1v) is 6.48. The van der Waals surface area contributed by atoms with Gasteiger partial charge in [0, 0.05) is 0 Å². The predicted molar refractivity (Wildman–Crippen MR) is 49.7 cm³/mol. The Kier molecular flexibility index (Phi) is 3.09. The van der Waals surface area contributed by atoms with Crippen LogP contribution in [0.2, 0.25) is 0 Å². The van der Waals surface area contributed by atoms with Crippen LogP contribution in [0, 0.1) is 5.41 Å². The average molecular weight is 452 g/mol. The highest BCUT2D eigenvalue weighted by atomic mass is 19.3. The van der Waals surface area contributed by atoms with Gasteiger partial charge in [0.25, 0.3) is 5.41 Å². The van der Waals surface area contributed by atoms with E-state index < -0.39 is 64.0 Å². The van der Waals surface area contributed by atoms with E-state index in [0.29, 0.717) is 0 Å². The lowest BCUT2D eigenvalue weighted by molar-refractivity contribution is -0.603.